The van der Waals surface area contributed by atoms with Crippen molar-refractivity contribution in [2.45, 2.75) is 39.2 Å². The van der Waals surface area contributed by atoms with Gasteiger partial charge in [-0.15, -0.1) is 0 Å². The first kappa shape index (κ1) is 15.0. The molecule has 0 radical (unpaired) electrons. The lowest BCUT2D eigenvalue weighted by Gasteiger charge is -2.32. The molecule has 1 aliphatic rings. The van der Waals surface area contributed by atoms with E-state index in [1.54, 1.807) is 0 Å². The molecule has 0 bridgehead atoms. The van der Waals surface area contributed by atoms with Crippen LogP contribution in [0.3, 0.4) is 0 Å². The van der Waals surface area contributed by atoms with Gasteiger partial charge in [-0.05, 0) is 31.4 Å². The predicted octanol–water partition coefficient (Wildman–Crippen LogP) is 2.81. The minimum atomic E-state index is 0.171. The number of likely N-dealkylation sites (tertiary alicyclic amines) is 1. The number of hydrogen-bond acceptors (Lipinski definition) is 2. The third kappa shape index (κ3) is 4.64. The topological polar surface area (TPSA) is 32.3 Å². The third-order valence-corrected chi connectivity index (χ3v) is 3.95. The van der Waals surface area contributed by atoms with E-state index in [9.17, 15) is 4.79 Å². The summed E-state index contributed by atoms with van der Waals surface area (Å²) in [5.41, 5.74) is 1.33. The highest BCUT2D eigenvalue weighted by Crippen LogP contribution is 2.18. The summed E-state index contributed by atoms with van der Waals surface area (Å²) in [6.45, 7) is 5.93. The van der Waals surface area contributed by atoms with Gasteiger partial charge in [0.2, 0.25) is 5.91 Å². The minimum absolute atomic E-state index is 0.171. The maximum atomic E-state index is 12.1. The predicted molar refractivity (Wildman–Crippen MR) is 82.4 cm³/mol. The lowest BCUT2D eigenvalue weighted by atomic mass is 9.96. The standard InChI is InChI=1S/C17H26N2O/c1-2-3-11-18-17(20)16-10-7-12-19(14-16)13-15-8-5-4-6-9-15/h4-6,8-9,16H,2-3,7,10-14H2,1H3,(H,18,20)/t16-/m0/s1. The number of nitrogens with zero attached hydrogens (tertiary/aromatic N) is 1. The van der Waals surface area contributed by atoms with Crippen LogP contribution in [0.15, 0.2) is 30.3 Å². The van der Waals surface area contributed by atoms with E-state index >= 15 is 0 Å². The molecule has 1 amide bonds. The summed E-state index contributed by atoms with van der Waals surface area (Å²) in [4.78, 5) is 14.5. The maximum absolute atomic E-state index is 12.1. The Morgan fingerprint density at radius 2 is 2.15 bits per heavy atom. The molecule has 0 saturated carbocycles. The van der Waals surface area contributed by atoms with Crippen LogP contribution >= 0.6 is 0 Å². The van der Waals surface area contributed by atoms with E-state index in [0.717, 1.165) is 51.9 Å². The summed E-state index contributed by atoms with van der Waals surface area (Å²) in [6, 6.07) is 10.5. The Morgan fingerprint density at radius 1 is 1.35 bits per heavy atom. The van der Waals surface area contributed by atoms with Crippen LogP contribution in [-0.2, 0) is 11.3 Å². The molecule has 0 aliphatic carbocycles. The number of nitrogens with one attached hydrogen (secondary N) is 1. The zero-order valence-corrected chi connectivity index (χ0v) is 12.5. The van der Waals surface area contributed by atoms with Crippen LogP contribution in [0.1, 0.15) is 38.2 Å². The number of amides is 1. The third-order valence-electron chi connectivity index (χ3n) is 3.95. The molecule has 2 rings (SSSR count). The van der Waals surface area contributed by atoms with Crippen molar-refractivity contribution in [3.05, 3.63) is 35.9 Å². The Labute approximate surface area is 122 Å². The van der Waals surface area contributed by atoms with Crippen molar-refractivity contribution in [3.8, 4) is 0 Å². The average molecular weight is 274 g/mol. The maximum Gasteiger partial charge on any atom is 0.224 e. The van der Waals surface area contributed by atoms with Crippen molar-refractivity contribution in [1.29, 1.82) is 0 Å². The van der Waals surface area contributed by atoms with Gasteiger partial charge in [0.15, 0.2) is 0 Å². The quantitative estimate of drug-likeness (QED) is 0.809. The summed E-state index contributed by atoms with van der Waals surface area (Å²) in [7, 11) is 0. The van der Waals surface area contributed by atoms with Gasteiger partial charge in [-0.2, -0.15) is 0 Å². The Hall–Kier alpha value is -1.35. The Kier molecular flexibility index (Phi) is 6.06. The number of benzene rings is 1. The number of hydrogen-bond donors (Lipinski definition) is 1. The van der Waals surface area contributed by atoms with Gasteiger partial charge in [-0.25, -0.2) is 0 Å². The van der Waals surface area contributed by atoms with E-state index in [-0.39, 0.29) is 11.8 Å². The van der Waals surface area contributed by atoms with Gasteiger partial charge in [0.05, 0.1) is 5.92 Å². The molecule has 1 saturated heterocycles. The first-order valence-corrected chi connectivity index (χ1v) is 7.83. The summed E-state index contributed by atoms with van der Waals surface area (Å²) < 4.78 is 0. The molecule has 110 valence electrons. The minimum Gasteiger partial charge on any atom is -0.356 e. The summed E-state index contributed by atoms with van der Waals surface area (Å²) in [5, 5.41) is 3.07. The second-order valence-corrected chi connectivity index (χ2v) is 5.70. The first-order chi connectivity index (χ1) is 9.79. The molecule has 3 heteroatoms. The fourth-order valence-corrected chi connectivity index (χ4v) is 2.79. The number of rotatable bonds is 6. The Bertz CT molecular complexity index is 405. The smallest absolute Gasteiger partial charge is 0.224 e. The van der Waals surface area contributed by atoms with Gasteiger partial charge < -0.3 is 5.32 Å². The Balaban J connectivity index is 1.80. The molecule has 1 aromatic rings. The van der Waals surface area contributed by atoms with Crippen molar-refractivity contribution in [3.63, 3.8) is 0 Å². The number of carbonyl (C=O) groups excluding carboxylic acids is 1. The molecular formula is C17H26N2O. The summed E-state index contributed by atoms with van der Waals surface area (Å²) in [5.74, 6) is 0.417. The zero-order valence-electron chi connectivity index (χ0n) is 12.5. The highest BCUT2D eigenvalue weighted by molar-refractivity contribution is 5.78. The molecule has 1 N–H and O–H groups in total. The molecule has 0 spiro atoms. The Morgan fingerprint density at radius 3 is 2.90 bits per heavy atom. The van der Waals surface area contributed by atoms with E-state index < -0.39 is 0 Å². The van der Waals surface area contributed by atoms with Crippen LogP contribution in [0.5, 0.6) is 0 Å². The second-order valence-electron chi connectivity index (χ2n) is 5.70. The fraction of sp³-hybridized carbons (Fsp3) is 0.588. The van der Waals surface area contributed by atoms with Crippen LogP contribution in [0.2, 0.25) is 0 Å². The van der Waals surface area contributed by atoms with E-state index in [4.69, 9.17) is 0 Å². The normalized spacial score (nSPS) is 19.8. The van der Waals surface area contributed by atoms with Gasteiger partial charge in [-0.3, -0.25) is 9.69 Å². The van der Waals surface area contributed by atoms with Crippen molar-refractivity contribution in [2.75, 3.05) is 19.6 Å². The molecule has 1 aliphatic heterocycles. The lowest BCUT2D eigenvalue weighted by Crippen LogP contribution is -2.42. The highest BCUT2D eigenvalue weighted by Gasteiger charge is 2.25. The summed E-state index contributed by atoms with van der Waals surface area (Å²) in [6.07, 6.45) is 4.36. The van der Waals surface area contributed by atoms with Crippen molar-refractivity contribution >= 4 is 5.91 Å². The molecule has 0 unspecified atom stereocenters. The molecule has 1 atom stereocenters. The summed E-state index contributed by atoms with van der Waals surface area (Å²) >= 11 is 0. The van der Waals surface area contributed by atoms with Crippen LogP contribution in [0.4, 0.5) is 0 Å². The van der Waals surface area contributed by atoms with Crippen molar-refractivity contribution < 1.29 is 4.79 Å². The van der Waals surface area contributed by atoms with E-state index in [2.05, 4.69) is 41.4 Å². The fourth-order valence-electron chi connectivity index (χ4n) is 2.79. The van der Waals surface area contributed by atoms with E-state index in [1.165, 1.54) is 5.56 Å². The van der Waals surface area contributed by atoms with Crippen molar-refractivity contribution in [1.82, 2.24) is 10.2 Å². The van der Waals surface area contributed by atoms with Gasteiger partial charge >= 0.3 is 0 Å². The van der Waals surface area contributed by atoms with E-state index in [1.807, 2.05) is 6.07 Å². The van der Waals surface area contributed by atoms with Gasteiger partial charge in [0, 0.05) is 19.6 Å². The largest absolute Gasteiger partial charge is 0.356 e. The average Bonchev–Trinajstić information content (AvgIpc) is 2.49. The van der Waals surface area contributed by atoms with Gasteiger partial charge in [0.1, 0.15) is 0 Å². The van der Waals surface area contributed by atoms with Gasteiger partial charge in [-0.1, -0.05) is 43.7 Å². The van der Waals surface area contributed by atoms with Crippen LogP contribution in [0, 0.1) is 5.92 Å². The molecule has 0 aromatic heterocycles. The number of carbonyl (C=O) groups is 1. The molecule has 3 nitrogen and oxygen atoms in total. The van der Waals surface area contributed by atoms with E-state index in [0.29, 0.717) is 0 Å². The van der Waals surface area contributed by atoms with Crippen molar-refractivity contribution in [2.24, 2.45) is 5.92 Å². The SMILES string of the molecule is CCCCNC(=O)[C@H]1CCCN(Cc2ccccc2)C1. The molecular weight excluding hydrogens is 248 g/mol. The second kappa shape index (κ2) is 8.05. The van der Waals surface area contributed by atoms with Crippen LogP contribution in [-0.4, -0.2) is 30.4 Å². The molecule has 20 heavy (non-hydrogen) atoms. The lowest BCUT2D eigenvalue weighted by molar-refractivity contribution is -0.126. The van der Waals surface area contributed by atoms with Gasteiger partial charge in [0.25, 0.3) is 0 Å². The van der Waals surface area contributed by atoms with Crippen LogP contribution in [0.25, 0.3) is 0 Å². The van der Waals surface area contributed by atoms with Crippen LogP contribution < -0.4 is 5.32 Å². The molecule has 1 aromatic carbocycles. The zero-order chi connectivity index (χ0) is 14.2. The number of unbranched alkanes of at least 4 members (excludes halogenated alkanes) is 1. The highest BCUT2D eigenvalue weighted by atomic mass is 16.1. The number of piperidine rings is 1. The molecule has 1 heterocycles. The molecule has 1 fully saturated rings. The monoisotopic (exact) mass is 274 g/mol. The first-order valence-electron chi connectivity index (χ1n) is 7.83.